The molecule has 17 heavy (non-hydrogen) atoms. The number of nitrogens with zero attached hydrogens (tertiary/aromatic N) is 2. The quantitative estimate of drug-likeness (QED) is 0.916. The van der Waals surface area contributed by atoms with Crippen LogP contribution in [-0.2, 0) is 11.3 Å². The fourth-order valence-electron chi connectivity index (χ4n) is 1.92. The molecule has 1 aromatic heterocycles. The van der Waals surface area contributed by atoms with E-state index in [-0.39, 0.29) is 12.1 Å². The Morgan fingerprint density at radius 3 is 3.12 bits per heavy atom. The lowest BCUT2D eigenvalue weighted by atomic mass is 10.1. The van der Waals surface area contributed by atoms with E-state index >= 15 is 0 Å². The summed E-state index contributed by atoms with van der Waals surface area (Å²) in [6.45, 7) is 5.44. The molecule has 2 atom stereocenters. The number of rotatable bonds is 3. The molecule has 2 N–H and O–H groups in total. The Balaban J connectivity index is 1.92. The molecular weight excluding hydrogens is 282 g/mol. The van der Waals surface area contributed by atoms with Crippen molar-refractivity contribution >= 4 is 15.9 Å². The molecule has 1 aliphatic rings. The summed E-state index contributed by atoms with van der Waals surface area (Å²) in [5.74, 6) is 0. The molecule has 0 saturated carbocycles. The Kier molecular flexibility index (Phi) is 4.50. The second-order valence-electron chi connectivity index (χ2n) is 4.47. The Morgan fingerprint density at radius 2 is 2.47 bits per heavy atom. The maximum absolute atomic E-state index is 5.87. The molecular formula is C12H18BrN3O. The van der Waals surface area contributed by atoms with Crippen LogP contribution in [0.4, 0.5) is 0 Å². The smallest absolute Gasteiger partial charge is 0.0850 e. The third kappa shape index (κ3) is 3.74. The van der Waals surface area contributed by atoms with Crippen LogP contribution in [-0.4, -0.2) is 41.7 Å². The van der Waals surface area contributed by atoms with Crippen LogP contribution in [0.1, 0.15) is 12.6 Å². The highest BCUT2D eigenvalue weighted by molar-refractivity contribution is 9.10. The lowest BCUT2D eigenvalue weighted by Gasteiger charge is -2.34. The summed E-state index contributed by atoms with van der Waals surface area (Å²) in [5.41, 5.74) is 6.95. The standard InChI is InChI=1S/C12H18BrN3O/c1-9(14)12-8-16(4-5-17-12)7-11-3-2-10(13)6-15-11/h2-3,6,9,12H,4-5,7-8,14H2,1H3. The van der Waals surface area contributed by atoms with Gasteiger partial charge in [0.05, 0.1) is 18.4 Å². The SMILES string of the molecule is CC(N)C1CN(Cc2ccc(Br)cn2)CCO1. The molecule has 0 aromatic carbocycles. The third-order valence-electron chi connectivity index (χ3n) is 2.94. The van der Waals surface area contributed by atoms with Crippen molar-refractivity contribution in [1.29, 1.82) is 0 Å². The van der Waals surface area contributed by atoms with Crippen molar-refractivity contribution in [2.75, 3.05) is 19.7 Å². The fraction of sp³-hybridized carbons (Fsp3) is 0.583. The average Bonchev–Trinajstić information content (AvgIpc) is 2.32. The molecule has 0 radical (unpaired) electrons. The third-order valence-corrected chi connectivity index (χ3v) is 3.41. The van der Waals surface area contributed by atoms with Crippen molar-refractivity contribution in [3.63, 3.8) is 0 Å². The van der Waals surface area contributed by atoms with Gasteiger partial charge in [0.2, 0.25) is 0 Å². The van der Waals surface area contributed by atoms with Crippen LogP contribution >= 0.6 is 15.9 Å². The van der Waals surface area contributed by atoms with Crippen LogP contribution in [0.25, 0.3) is 0 Å². The Morgan fingerprint density at radius 1 is 1.65 bits per heavy atom. The van der Waals surface area contributed by atoms with E-state index in [1.165, 1.54) is 0 Å². The zero-order chi connectivity index (χ0) is 12.3. The highest BCUT2D eigenvalue weighted by Gasteiger charge is 2.23. The predicted molar refractivity (Wildman–Crippen MR) is 70.6 cm³/mol. The van der Waals surface area contributed by atoms with E-state index < -0.39 is 0 Å². The molecule has 5 heteroatoms. The van der Waals surface area contributed by atoms with E-state index in [2.05, 4.69) is 25.8 Å². The van der Waals surface area contributed by atoms with Gasteiger partial charge in [0, 0.05) is 36.3 Å². The first-order chi connectivity index (χ1) is 8.15. The van der Waals surface area contributed by atoms with Crippen molar-refractivity contribution in [2.24, 2.45) is 5.73 Å². The monoisotopic (exact) mass is 299 g/mol. The second kappa shape index (κ2) is 5.91. The molecule has 2 unspecified atom stereocenters. The van der Waals surface area contributed by atoms with Gasteiger partial charge in [-0.2, -0.15) is 0 Å². The minimum absolute atomic E-state index is 0.0793. The van der Waals surface area contributed by atoms with E-state index in [0.717, 1.165) is 36.4 Å². The molecule has 1 aromatic rings. The molecule has 2 rings (SSSR count). The predicted octanol–water partition coefficient (Wildman–Crippen LogP) is 1.39. The van der Waals surface area contributed by atoms with E-state index in [4.69, 9.17) is 10.5 Å². The van der Waals surface area contributed by atoms with Gasteiger partial charge in [0.1, 0.15) is 0 Å². The maximum Gasteiger partial charge on any atom is 0.0850 e. The number of pyridine rings is 1. The van der Waals surface area contributed by atoms with Crippen LogP contribution in [0, 0.1) is 0 Å². The first-order valence-electron chi connectivity index (χ1n) is 5.85. The van der Waals surface area contributed by atoms with Crippen molar-refractivity contribution in [2.45, 2.75) is 25.6 Å². The second-order valence-corrected chi connectivity index (χ2v) is 5.39. The summed E-state index contributed by atoms with van der Waals surface area (Å²) >= 11 is 3.39. The number of ether oxygens (including phenoxy) is 1. The van der Waals surface area contributed by atoms with Crippen LogP contribution in [0.2, 0.25) is 0 Å². The van der Waals surface area contributed by atoms with Gasteiger partial charge in [-0.1, -0.05) is 0 Å². The summed E-state index contributed by atoms with van der Waals surface area (Å²) in [7, 11) is 0. The minimum Gasteiger partial charge on any atom is -0.374 e. The topological polar surface area (TPSA) is 51.4 Å². The summed E-state index contributed by atoms with van der Waals surface area (Å²) in [4.78, 5) is 6.72. The van der Waals surface area contributed by atoms with E-state index in [1.54, 1.807) is 0 Å². The summed E-state index contributed by atoms with van der Waals surface area (Å²) in [6, 6.07) is 4.14. The molecule has 0 aliphatic carbocycles. The lowest BCUT2D eigenvalue weighted by Crippen LogP contribution is -2.49. The molecule has 1 saturated heterocycles. The van der Waals surface area contributed by atoms with Crippen LogP contribution in [0.15, 0.2) is 22.8 Å². The number of morpholine rings is 1. The molecule has 0 amide bonds. The van der Waals surface area contributed by atoms with Crippen LogP contribution in [0.5, 0.6) is 0 Å². The van der Waals surface area contributed by atoms with Gasteiger partial charge in [-0.25, -0.2) is 0 Å². The van der Waals surface area contributed by atoms with Gasteiger partial charge in [-0.15, -0.1) is 0 Å². The van der Waals surface area contributed by atoms with Crippen molar-refractivity contribution in [1.82, 2.24) is 9.88 Å². The minimum atomic E-state index is 0.0793. The van der Waals surface area contributed by atoms with Gasteiger partial charge in [0.15, 0.2) is 0 Å². The molecule has 0 spiro atoms. The number of hydrogen-bond acceptors (Lipinski definition) is 4. The fourth-order valence-corrected chi connectivity index (χ4v) is 2.16. The van der Waals surface area contributed by atoms with Gasteiger partial charge < -0.3 is 10.5 Å². The first kappa shape index (κ1) is 13.0. The van der Waals surface area contributed by atoms with Crippen molar-refractivity contribution in [3.05, 3.63) is 28.5 Å². The van der Waals surface area contributed by atoms with Crippen molar-refractivity contribution < 1.29 is 4.74 Å². The Labute approximate surface area is 110 Å². The van der Waals surface area contributed by atoms with E-state index in [1.807, 2.05) is 25.3 Å². The van der Waals surface area contributed by atoms with Gasteiger partial charge >= 0.3 is 0 Å². The molecule has 1 fully saturated rings. The Bertz CT molecular complexity index is 355. The van der Waals surface area contributed by atoms with Gasteiger partial charge in [-0.3, -0.25) is 9.88 Å². The summed E-state index contributed by atoms with van der Waals surface area (Å²) in [5, 5.41) is 0. The zero-order valence-electron chi connectivity index (χ0n) is 9.97. The number of nitrogens with two attached hydrogens (primary N) is 1. The molecule has 2 heterocycles. The van der Waals surface area contributed by atoms with Crippen LogP contribution in [0.3, 0.4) is 0 Å². The number of halogens is 1. The highest BCUT2D eigenvalue weighted by atomic mass is 79.9. The summed E-state index contributed by atoms with van der Waals surface area (Å²) in [6.07, 6.45) is 1.97. The van der Waals surface area contributed by atoms with Gasteiger partial charge in [-0.05, 0) is 35.0 Å². The van der Waals surface area contributed by atoms with E-state index in [9.17, 15) is 0 Å². The number of aromatic nitrogens is 1. The maximum atomic E-state index is 5.87. The number of hydrogen-bond donors (Lipinski definition) is 1. The highest BCUT2D eigenvalue weighted by Crippen LogP contribution is 2.12. The zero-order valence-corrected chi connectivity index (χ0v) is 11.6. The average molecular weight is 300 g/mol. The first-order valence-corrected chi connectivity index (χ1v) is 6.64. The molecule has 0 bridgehead atoms. The molecule has 4 nitrogen and oxygen atoms in total. The summed E-state index contributed by atoms with van der Waals surface area (Å²) < 4.78 is 6.64. The largest absolute Gasteiger partial charge is 0.374 e. The normalized spacial score (nSPS) is 23.6. The Hall–Kier alpha value is -0.490. The lowest BCUT2D eigenvalue weighted by molar-refractivity contribution is -0.0406. The van der Waals surface area contributed by atoms with E-state index in [0.29, 0.717) is 0 Å². The molecule has 1 aliphatic heterocycles. The van der Waals surface area contributed by atoms with Crippen molar-refractivity contribution in [3.8, 4) is 0 Å². The van der Waals surface area contributed by atoms with Gasteiger partial charge in [0.25, 0.3) is 0 Å². The molecule has 94 valence electrons. The van der Waals surface area contributed by atoms with Crippen LogP contribution < -0.4 is 5.73 Å².